The molecule has 2 aromatic carbocycles. The Labute approximate surface area is 161 Å². The normalized spacial score (nSPS) is 16.0. The van der Waals surface area contributed by atoms with Crippen molar-refractivity contribution in [1.29, 1.82) is 0 Å². The van der Waals surface area contributed by atoms with E-state index in [0.29, 0.717) is 10.7 Å². The van der Waals surface area contributed by atoms with E-state index in [1.807, 2.05) is 43.3 Å². The first-order chi connectivity index (χ1) is 12.4. The molecule has 0 bridgehead atoms. The van der Waals surface area contributed by atoms with Gasteiger partial charge in [-0.25, -0.2) is 0 Å². The summed E-state index contributed by atoms with van der Waals surface area (Å²) in [6.07, 6.45) is 1.56. The monoisotopic (exact) mass is 385 g/mol. The zero-order chi connectivity index (χ0) is 18.8. The van der Waals surface area contributed by atoms with Crippen molar-refractivity contribution >= 4 is 58.2 Å². The topological polar surface area (TPSA) is 52.7 Å². The van der Waals surface area contributed by atoms with Crippen LogP contribution in [0.1, 0.15) is 5.56 Å². The summed E-state index contributed by atoms with van der Waals surface area (Å²) in [4.78, 5) is 28.4. The molecule has 0 radical (unpaired) electrons. The maximum absolute atomic E-state index is 12.9. The quantitative estimate of drug-likeness (QED) is 0.500. The number of hydrogen-bond donors (Lipinski definition) is 1. The van der Waals surface area contributed by atoms with Crippen LogP contribution in [0.5, 0.6) is 0 Å². The van der Waals surface area contributed by atoms with Crippen molar-refractivity contribution in [3.63, 3.8) is 0 Å². The van der Waals surface area contributed by atoms with Crippen LogP contribution in [0.25, 0.3) is 6.08 Å². The van der Waals surface area contributed by atoms with E-state index in [1.165, 1.54) is 4.90 Å². The summed E-state index contributed by atoms with van der Waals surface area (Å²) in [5.41, 5.74) is 2.33. The number of thiocarbonyl (C=S) groups is 1. The van der Waals surface area contributed by atoms with Crippen LogP contribution in [-0.2, 0) is 9.59 Å². The predicted octanol–water partition coefficient (Wildman–Crippen LogP) is 3.24. The third kappa shape index (κ3) is 3.61. The van der Waals surface area contributed by atoms with Gasteiger partial charge in [0.05, 0.1) is 5.69 Å². The average Bonchev–Trinajstić information content (AvgIpc) is 2.60. The lowest BCUT2D eigenvalue weighted by molar-refractivity contribution is -0.122. The van der Waals surface area contributed by atoms with Crippen LogP contribution >= 0.6 is 23.8 Å². The van der Waals surface area contributed by atoms with Gasteiger partial charge in [0, 0.05) is 24.8 Å². The van der Waals surface area contributed by atoms with Gasteiger partial charge in [-0.2, -0.15) is 0 Å². The molecule has 7 heteroatoms. The highest BCUT2D eigenvalue weighted by Crippen LogP contribution is 2.24. The van der Waals surface area contributed by atoms with E-state index in [2.05, 4.69) is 5.32 Å². The lowest BCUT2D eigenvalue weighted by Gasteiger charge is -2.29. The molecule has 1 fully saturated rings. The number of carbonyl (C=O) groups is 2. The lowest BCUT2D eigenvalue weighted by Crippen LogP contribution is -2.54. The first-order valence-corrected chi connectivity index (χ1v) is 8.60. The lowest BCUT2D eigenvalue weighted by atomic mass is 10.1. The molecule has 0 saturated carbocycles. The molecule has 2 amide bonds. The zero-order valence-electron chi connectivity index (χ0n) is 14.2. The first-order valence-electron chi connectivity index (χ1n) is 7.81. The number of hydrogen-bond acceptors (Lipinski definition) is 4. The van der Waals surface area contributed by atoms with E-state index in [4.69, 9.17) is 23.8 Å². The fourth-order valence-electron chi connectivity index (χ4n) is 2.52. The van der Waals surface area contributed by atoms with Crippen molar-refractivity contribution in [3.8, 4) is 0 Å². The minimum atomic E-state index is -0.512. The van der Waals surface area contributed by atoms with E-state index >= 15 is 0 Å². The molecule has 0 spiro atoms. The summed E-state index contributed by atoms with van der Waals surface area (Å²) in [5, 5.41) is 3.15. The number of nitrogens with one attached hydrogen (secondary N) is 1. The maximum Gasteiger partial charge on any atom is 0.270 e. The Balaban J connectivity index is 1.95. The highest BCUT2D eigenvalue weighted by Gasteiger charge is 2.34. The van der Waals surface area contributed by atoms with Gasteiger partial charge in [-0.1, -0.05) is 23.7 Å². The summed E-state index contributed by atoms with van der Waals surface area (Å²) in [6, 6.07) is 14.2. The maximum atomic E-state index is 12.9. The Bertz CT molecular complexity index is 905. The zero-order valence-corrected chi connectivity index (χ0v) is 15.8. The Hall–Kier alpha value is -2.70. The van der Waals surface area contributed by atoms with Crippen LogP contribution in [0.3, 0.4) is 0 Å². The van der Waals surface area contributed by atoms with Gasteiger partial charge in [-0.3, -0.25) is 19.8 Å². The molecule has 2 aromatic rings. The van der Waals surface area contributed by atoms with E-state index in [0.717, 1.165) is 11.3 Å². The molecule has 0 atom stereocenters. The predicted molar refractivity (Wildman–Crippen MR) is 108 cm³/mol. The molecule has 1 aliphatic rings. The molecule has 26 heavy (non-hydrogen) atoms. The van der Waals surface area contributed by atoms with Crippen LogP contribution in [0.2, 0.25) is 5.02 Å². The van der Waals surface area contributed by atoms with Gasteiger partial charge in [0.2, 0.25) is 0 Å². The largest absolute Gasteiger partial charge is 0.378 e. The summed E-state index contributed by atoms with van der Waals surface area (Å²) < 4.78 is 0. The molecule has 1 heterocycles. The molecule has 1 N–H and O–H groups in total. The van der Waals surface area contributed by atoms with Gasteiger partial charge in [-0.05, 0) is 60.3 Å². The van der Waals surface area contributed by atoms with Crippen molar-refractivity contribution in [3.05, 3.63) is 64.7 Å². The van der Waals surface area contributed by atoms with E-state index in [1.54, 1.807) is 30.3 Å². The van der Waals surface area contributed by atoms with Crippen molar-refractivity contribution < 1.29 is 9.59 Å². The van der Waals surface area contributed by atoms with Crippen LogP contribution in [-0.4, -0.2) is 31.0 Å². The number of nitrogens with zero attached hydrogens (tertiary/aromatic N) is 2. The number of halogens is 1. The SMILES string of the molecule is CN(C)c1ccc(C=C2C(=O)NC(=S)N(c3ccc(Cl)cc3)C2=O)cc1. The molecular formula is C19H16ClN3O2S. The average molecular weight is 386 g/mol. The van der Waals surface area contributed by atoms with E-state index in [9.17, 15) is 9.59 Å². The Morgan fingerprint density at radius 2 is 1.65 bits per heavy atom. The van der Waals surface area contributed by atoms with Crippen LogP contribution in [0.4, 0.5) is 11.4 Å². The number of rotatable bonds is 3. The summed E-state index contributed by atoms with van der Waals surface area (Å²) >= 11 is 11.1. The highest BCUT2D eigenvalue weighted by atomic mass is 35.5. The summed E-state index contributed by atoms with van der Waals surface area (Å²) in [7, 11) is 3.88. The van der Waals surface area contributed by atoms with Crippen molar-refractivity contribution in [2.24, 2.45) is 0 Å². The Kier molecular flexibility index (Phi) is 5.06. The van der Waals surface area contributed by atoms with Gasteiger partial charge < -0.3 is 4.90 Å². The van der Waals surface area contributed by atoms with E-state index in [-0.39, 0.29) is 10.7 Å². The molecular weight excluding hydrogens is 370 g/mol. The summed E-state index contributed by atoms with van der Waals surface area (Å²) in [6.45, 7) is 0. The molecule has 1 saturated heterocycles. The third-order valence-corrected chi connectivity index (χ3v) is 4.44. The fourth-order valence-corrected chi connectivity index (χ4v) is 2.92. The van der Waals surface area contributed by atoms with Gasteiger partial charge in [0.15, 0.2) is 5.11 Å². The van der Waals surface area contributed by atoms with Crippen molar-refractivity contribution in [1.82, 2.24) is 5.32 Å². The van der Waals surface area contributed by atoms with Crippen LogP contribution in [0.15, 0.2) is 54.1 Å². The number of carbonyl (C=O) groups excluding carboxylic acids is 2. The number of anilines is 2. The second kappa shape index (κ2) is 7.27. The standard InChI is InChI=1S/C19H16ClN3O2S/c1-22(2)14-7-3-12(4-8-14)11-16-17(24)21-19(26)23(18(16)25)15-9-5-13(20)6-10-15/h3-11H,1-2H3,(H,21,24,26). The molecule has 1 aliphatic heterocycles. The summed E-state index contributed by atoms with van der Waals surface area (Å²) in [5.74, 6) is -0.986. The molecule has 0 aromatic heterocycles. The van der Waals surface area contributed by atoms with Crippen LogP contribution < -0.4 is 15.1 Å². The third-order valence-electron chi connectivity index (χ3n) is 3.91. The first kappa shape index (κ1) is 18.1. The van der Waals surface area contributed by atoms with Crippen molar-refractivity contribution in [2.45, 2.75) is 0 Å². The van der Waals surface area contributed by atoms with E-state index < -0.39 is 11.8 Å². The minimum Gasteiger partial charge on any atom is -0.378 e. The number of amides is 2. The van der Waals surface area contributed by atoms with Crippen molar-refractivity contribution in [2.75, 3.05) is 23.9 Å². The highest BCUT2D eigenvalue weighted by molar-refractivity contribution is 7.80. The van der Waals surface area contributed by atoms with Gasteiger partial charge in [0.25, 0.3) is 11.8 Å². The molecule has 0 unspecified atom stereocenters. The molecule has 5 nitrogen and oxygen atoms in total. The fraction of sp³-hybridized carbons (Fsp3) is 0.105. The smallest absolute Gasteiger partial charge is 0.270 e. The molecule has 132 valence electrons. The Morgan fingerprint density at radius 3 is 2.23 bits per heavy atom. The molecule has 0 aliphatic carbocycles. The number of benzene rings is 2. The van der Waals surface area contributed by atoms with Gasteiger partial charge >= 0.3 is 0 Å². The van der Waals surface area contributed by atoms with Gasteiger partial charge in [0.1, 0.15) is 5.57 Å². The second-order valence-corrected chi connectivity index (χ2v) is 6.74. The minimum absolute atomic E-state index is 0.0196. The molecule has 3 rings (SSSR count). The van der Waals surface area contributed by atoms with Gasteiger partial charge in [-0.15, -0.1) is 0 Å². The van der Waals surface area contributed by atoms with Crippen LogP contribution in [0, 0.1) is 0 Å². The second-order valence-electron chi connectivity index (χ2n) is 5.92. The Morgan fingerprint density at radius 1 is 1.04 bits per heavy atom.